The van der Waals surface area contributed by atoms with Crippen LogP contribution in [0.2, 0.25) is 5.02 Å². The second-order valence-corrected chi connectivity index (χ2v) is 4.08. The summed E-state index contributed by atoms with van der Waals surface area (Å²) in [6.07, 6.45) is 0.865. The van der Waals surface area contributed by atoms with Crippen molar-refractivity contribution in [3.8, 4) is 5.75 Å². The van der Waals surface area contributed by atoms with Crippen molar-refractivity contribution in [2.45, 2.75) is 26.6 Å². The van der Waals surface area contributed by atoms with Crippen molar-refractivity contribution >= 4 is 17.9 Å². The Labute approximate surface area is 100 Å². The molecule has 0 aliphatic heterocycles. The molecular weight excluding hydrogens is 228 g/mol. The SMILES string of the molecule is COc1c(Cl)cc(COC(C)C)cc1C=O. The molecule has 88 valence electrons. The van der Waals surface area contributed by atoms with Gasteiger partial charge in [0, 0.05) is 0 Å². The van der Waals surface area contributed by atoms with Gasteiger partial charge in [-0.15, -0.1) is 0 Å². The lowest BCUT2D eigenvalue weighted by Gasteiger charge is -2.11. The Balaban J connectivity index is 2.96. The smallest absolute Gasteiger partial charge is 0.153 e. The van der Waals surface area contributed by atoms with Crippen molar-refractivity contribution in [2.24, 2.45) is 0 Å². The zero-order valence-electron chi connectivity index (χ0n) is 9.62. The highest BCUT2D eigenvalue weighted by atomic mass is 35.5. The molecule has 0 saturated heterocycles. The van der Waals surface area contributed by atoms with Crippen LogP contribution in [0.3, 0.4) is 0 Å². The molecule has 1 rings (SSSR count). The molecule has 1 aromatic carbocycles. The average Bonchev–Trinajstić information content (AvgIpc) is 2.25. The summed E-state index contributed by atoms with van der Waals surface area (Å²) < 4.78 is 10.5. The van der Waals surface area contributed by atoms with E-state index in [9.17, 15) is 4.79 Å². The summed E-state index contributed by atoms with van der Waals surface area (Å²) in [5.74, 6) is 0.407. The lowest BCUT2D eigenvalue weighted by molar-refractivity contribution is 0.0656. The maximum atomic E-state index is 10.8. The topological polar surface area (TPSA) is 35.5 Å². The fraction of sp³-hybridized carbons (Fsp3) is 0.417. The zero-order chi connectivity index (χ0) is 12.1. The van der Waals surface area contributed by atoms with E-state index in [0.29, 0.717) is 22.9 Å². The second-order valence-electron chi connectivity index (χ2n) is 3.68. The molecule has 1 aromatic rings. The number of hydrogen-bond donors (Lipinski definition) is 0. The first kappa shape index (κ1) is 13.0. The Hall–Kier alpha value is -1.06. The van der Waals surface area contributed by atoms with Gasteiger partial charge in [-0.05, 0) is 31.5 Å². The molecule has 0 N–H and O–H groups in total. The molecule has 16 heavy (non-hydrogen) atoms. The molecule has 0 heterocycles. The van der Waals surface area contributed by atoms with Crippen LogP contribution < -0.4 is 4.74 Å². The van der Waals surface area contributed by atoms with Gasteiger partial charge < -0.3 is 9.47 Å². The van der Waals surface area contributed by atoms with Crippen LogP contribution >= 0.6 is 11.6 Å². The summed E-state index contributed by atoms with van der Waals surface area (Å²) in [6.45, 7) is 4.33. The van der Waals surface area contributed by atoms with Crippen molar-refractivity contribution < 1.29 is 14.3 Å². The molecule has 0 aliphatic rings. The predicted molar refractivity (Wildman–Crippen MR) is 63.3 cm³/mol. The molecule has 0 amide bonds. The number of carbonyl (C=O) groups excluding carboxylic acids is 1. The number of aldehydes is 1. The Kier molecular flexibility index (Phi) is 4.77. The summed E-state index contributed by atoms with van der Waals surface area (Å²) in [7, 11) is 1.48. The molecule has 0 radical (unpaired) electrons. The van der Waals surface area contributed by atoms with E-state index in [-0.39, 0.29) is 6.10 Å². The van der Waals surface area contributed by atoms with Gasteiger partial charge in [-0.25, -0.2) is 0 Å². The molecule has 0 aromatic heterocycles. The third-order valence-corrected chi connectivity index (χ3v) is 2.33. The lowest BCUT2D eigenvalue weighted by Crippen LogP contribution is -2.03. The fourth-order valence-corrected chi connectivity index (χ4v) is 1.65. The van der Waals surface area contributed by atoms with E-state index >= 15 is 0 Å². The molecule has 0 saturated carbocycles. The molecule has 4 heteroatoms. The van der Waals surface area contributed by atoms with Gasteiger partial charge >= 0.3 is 0 Å². The van der Waals surface area contributed by atoms with Crippen LogP contribution in [0.1, 0.15) is 29.8 Å². The summed E-state index contributed by atoms with van der Waals surface area (Å²) >= 11 is 5.99. The third-order valence-electron chi connectivity index (χ3n) is 2.05. The van der Waals surface area contributed by atoms with Crippen LogP contribution in [0, 0.1) is 0 Å². The zero-order valence-corrected chi connectivity index (χ0v) is 10.4. The third kappa shape index (κ3) is 3.22. The maximum absolute atomic E-state index is 10.8. The summed E-state index contributed by atoms with van der Waals surface area (Å²) in [5.41, 5.74) is 1.30. The second kappa shape index (κ2) is 5.87. The number of hydrogen-bond acceptors (Lipinski definition) is 3. The average molecular weight is 243 g/mol. The van der Waals surface area contributed by atoms with E-state index in [1.807, 2.05) is 13.8 Å². The molecule has 0 atom stereocenters. The molecule has 0 aliphatic carbocycles. The van der Waals surface area contributed by atoms with E-state index in [1.165, 1.54) is 7.11 Å². The Morgan fingerprint density at radius 1 is 1.44 bits per heavy atom. The summed E-state index contributed by atoms with van der Waals surface area (Å²) in [5, 5.41) is 0.425. The Bertz CT molecular complexity index is 375. The highest BCUT2D eigenvalue weighted by molar-refractivity contribution is 6.32. The van der Waals surface area contributed by atoms with E-state index in [0.717, 1.165) is 11.8 Å². The Morgan fingerprint density at radius 3 is 2.62 bits per heavy atom. The van der Waals surface area contributed by atoms with Gasteiger partial charge in [0.25, 0.3) is 0 Å². The number of ether oxygens (including phenoxy) is 2. The largest absolute Gasteiger partial charge is 0.494 e. The van der Waals surface area contributed by atoms with E-state index < -0.39 is 0 Å². The monoisotopic (exact) mass is 242 g/mol. The van der Waals surface area contributed by atoms with Crippen LogP contribution in [0.25, 0.3) is 0 Å². The number of halogens is 1. The number of carbonyl (C=O) groups is 1. The van der Waals surface area contributed by atoms with Crippen molar-refractivity contribution in [2.75, 3.05) is 7.11 Å². The van der Waals surface area contributed by atoms with Gasteiger partial charge in [0.05, 0.1) is 30.4 Å². The first-order valence-corrected chi connectivity index (χ1v) is 5.39. The molecule has 0 fully saturated rings. The van der Waals surface area contributed by atoms with Gasteiger partial charge in [-0.2, -0.15) is 0 Å². The quantitative estimate of drug-likeness (QED) is 0.745. The molecule has 0 unspecified atom stereocenters. The van der Waals surface area contributed by atoms with Crippen LogP contribution in [-0.4, -0.2) is 19.5 Å². The fourth-order valence-electron chi connectivity index (χ4n) is 1.32. The van der Waals surface area contributed by atoms with E-state index in [2.05, 4.69) is 0 Å². The predicted octanol–water partition coefficient (Wildman–Crippen LogP) is 3.09. The summed E-state index contributed by atoms with van der Waals surface area (Å²) in [6, 6.07) is 3.47. The van der Waals surface area contributed by atoms with E-state index in [4.69, 9.17) is 21.1 Å². The Morgan fingerprint density at radius 2 is 2.12 bits per heavy atom. The first-order valence-electron chi connectivity index (χ1n) is 5.01. The van der Waals surface area contributed by atoms with Crippen molar-refractivity contribution in [1.29, 1.82) is 0 Å². The number of methoxy groups -OCH3 is 1. The molecule has 0 bridgehead atoms. The minimum atomic E-state index is 0.139. The van der Waals surface area contributed by atoms with E-state index in [1.54, 1.807) is 12.1 Å². The van der Waals surface area contributed by atoms with Crippen LogP contribution in [0.5, 0.6) is 5.75 Å². The van der Waals surface area contributed by atoms with Crippen LogP contribution in [0.4, 0.5) is 0 Å². The maximum Gasteiger partial charge on any atom is 0.153 e. The van der Waals surface area contributed by atoms with Crippen molar-refractivity contribution in [3.63, 3.8) is 0 Å². The number of rotatable bonds is 5. The van der Waals surface area contributed by atoms with Gasteiger partial charge in [0.2, 0.25) is 0 Å². The summed E-state index contributed by atoms with van der Waals surface area (Å²) in [4.78, 5) is 10.8. The van der Waals surface area contributed by atoms with Crippen LogP contribution in [0.15, 0.2) is 12.1 Å². The number of benzene rings is 1. The normalized spacial score (nSPS) is 10.6. The van der Waals surface area contributed by atoms with Crippen molar-refractivity contribution in [3.05, 3.63) is 28.3 Å². The van der Waals surface area contributed by atoms with Gasteiger partial charge in [0.1, 0.15) is 5.75 Å². The van der Waals surface area contributed by atoms with Gasteiger partial charge in [-0.1, -0.05) is 11.6 Å². The lowest BCUT2D eigenvalue weighted by atomic mass is 10.1. The minimum absolute atomic E-state index is 0.139. The highest BCUT2D eigenvalue weighted by Crippen LogP contribution is 2.29. The van der Waals surface area contributed by atoms with Crippen LogP contribution in [-0.2, 0) is 11.3 Å². The molecular formula is C12H15ClO3. The first-order chi connectivity index (χ1) is 7.58. The molecule has 3 nitrogen and oxygen atoms in total. The van der Waals surface area contributed by atoms with Gasteiger partial charge in [0.15, 0.2) is 6.29 Å². The highest BCUT2D eigenvalue weighted by Gasteiger charge is 2.10. The van der Waals surface area contributed by atoms with Crippen molar-refractivity contribution in [1.82, 2.24) is 0 Å². The standard InChI is InChI=1S/C12H15ClO3/c1-8(2)16-7-9-4-10(6-14)12(15-3)11(13)5-9/h4-6,8H,7H2,1-3H3. The van der Waals surface area contributed by atoms with Gasteiger partial charge in [-0.3, -0.25) is 4.79 Å². The molecule has 0 spiro atoms. The minimum Gasteiger partial charge on any atom is -0.494 e.